The van der Waals surface area contributed by atoms with Gasteiger partial charge >= 0.3 is 6.36 Å². The van der Waals surface area contributed by atoms with E-state index in [4.69, 9.17) is 11.6 Å². The monoisotopic (exact) mass is 286 g/mol. The van der Waals surface area contributed by atoms with Gasteiger partial charge in [0.1, 0.15) is 5.75 Å². The molecule has 0 amide bonds. The number of benzene rings is 2. The van der Waals surface area contributed by atoms with Gasteiger partial charge in [0.25, 0.3) is 0 Å². The summed E-state index contributed by atoms with van der Waals surface area (Å²) in [5, 5.41) is 0.619. The Balaban J connectivity index is 2.25. The van der Waals surface area contributed by atoms with E-state index in [0.717, 1.165) is 16.7 Å². The third-order valence-corrected chi connectivity index (χ3v) is 3.00. The molecule has 0 saturated carbocycles. The first-order valence-electron chi connectivity index (χ1n) is 5.47. The Kier molecular flexibility index (Phi) is 3.71. The van der Waals surface area contributed by atoms with Crippen molar-refractivity contribution in [1.82, 2.24) is 0 Å². The average molecular weight is 287 g/mol. The fourth-order valence-corrected chi connectivity index (χ4v) is 1.80. The van der Waals surface area contributed by atoms with Gasteiger partial charge in [-0.05, 0) is 41.8 Å². The molecule has 0 aliphatic carbocycles. The zero-order valence-electron chi connectivity index (χ0n) is 9.96. The van der Waals surface area contributed by atoms with E-state index in [1.54, 1.807) is 18.2 Å². The largest absolute Gasteiger partial charge is 0.573 e. The number of rotatable bonds is 2. The molecule has 2 rings (SSSR count). The van der Waals surface area contributed by atoms with Crippen LogP contribution in [0.25, 0.3) is 11.1 Å². The quantitative estimate of drug-likeness (QED) is 0.736. The smallest absolute Gasteiger partial charge is 0.406 e. The first kappa shape index (κ1) is 13.7. The predicted octanol–water partition coefficient (Wildman–Crippen LogP) is 5.21. The van der Waals surface area contributed by atoms with Gasteiger partial charge in [0.15, 0.2) is 0 Å². The highest BCUT2D eigenvalue weighted by molar-refractivity contribution is 6.31. The molecule has 0 fully saturated rings. The zero-order valence-corrected chi connectivity index (χ0v) is 10.7. The molecule has 19 heavy (non-hydrogen) atoms. The number of halogens is 4. The SMILES string of the molecule is Cc1ccc(-c2ccc(OC(F)(F)F)cc2)cc1Cl. The lowest BCUT2D eigenvalue weighted by Gasteiger charge is -2.09. The van der Waals surface area contributed by atoms with Crippen LogP contribution >= 0.6 is 11.6 Å². The van der Waals surface area contributed by atoms with Crippen LogP contribution in [0.3, 0.4) is 0 Å². The predicted molar refractivity (Wildman–Crippen MR) is 68.3 cm³/mol. The molecule has 2 aromatic carbocycles. The molecule has 100 valence electrons. The van der Waals surface area contributed by atoms with Crippen molar-refractivity contribution < 1.29 is 17.9 Å². The summed E-state index contributed by atoms with van der Waals surface area (Å²) in [5.74, 6) is -0.241. The summed E-state index contributed by atoms with van der Waals surface area (Å²) in [6.45, 7) is 1.88. The first-order chi connectivity index (χ1) is 8.85. The summed E-state index contributed by atoms with van der Waals surface area (Å²) in [6.07, 6.45) is -4.67. The van der Waals surface area contributed by atoms with E-state index in [-0.39, 0.29) is 5.75 Å². The van der Waals surface area contributed by atoms with Crippen LogP contribution in [0.15, 0.2) is 42.5 Å². The average Bonchev–Trinajstić information content (AvgIpc) is 2.32. The maximum Gasteiger partial charge on any atom is 0.573 e. The number of alkyl halides is 3. The van der Waals surface area contributed by atoms with Crippen molar-refractivity contribution in [2.24, 2.45) is 0 Å². The van der Waals surface area contributed by atoms with Crippen LogP contribution < -0.4 is 4.74 Å². The van der Waals surface area contributed by atoms with Crippen LogP contribution in [0.5, 0.6) is 5.75 Å². The summed E-state index contributed by atoms with van der Waals surface area (Å²) in [5.41, 5.74) is 2.56. The first-order valence-corrected chi connectivity index (χ1v) is 5.85. The molecule has 0 unspecified atom stereocenters. The Labute approximate surface area is 113 Å². The third kappa shape index (κ3) is 3.64. The molecule has 0 bridgehead atoms. The molecule has 0 aliphatic rings. The van der Waals surface area contributed by atoms with Crippen molar-refractivity contribution in [3.05, 3.63) is 53.1 Å². The van der Waals surface area contributed by atoms with E-state index >= 15 is 0 Å². The highest BCUT2D eigenvalue weighted by Crippen LogP contribution is 2.28. The second kappa shape index (κ2) is 5.13. The zero-order chi connectivity index (χ0) is 14.0. The highest BCUT2D eigenvalue weighted by atomic mass is 35.5. The van der Waals surface area contributed by atoms with Gasteiger partial charge in [-0.15, -0.1) is 13.2 Å². The van der Waals surface area contributed by atoms with E-state index in [1.807, 2.05) is 19.1 Å². The molecule has 0 heterocycles. The van der Waals surface area contributed by atoms with Crippen LogP contribution in [0.2, 0.25) is 5.02 Å². The highest BCUT2D eigenvalue weighted by Gasteiger charge is 2.30. The Morgan fingerprint density at radius 2 is 1.53 bits per heavy atom. The van der Waals surface area contributed by atoms with Crippen molar-refractivity contribution in [1.29, 1.82) is 0 Å². The van der Waals surface area contributed by atoms with Gasteiger partial charge in [-0.25, -0.2) is 0 Å². The topological polar surface area (TPSA) is 9.23 Å². The fourth-order valence-electron chi connectivity index (χ4n) is 1.62. The van der Waals surface area contributed by atoms with E-state index in [1.165, 1.54) is 12.1 Å². The number of hydrogen-bond acceptors (Lipinski definition) is 1. The molecule has 2 aromatic rings. The third-order valence-electron chi connectivity index (χ3n) is 2.59. The molecule has 0 atom stereocenters. The maximum absolute atomic E-state index is 12.0. The van der Waals surface area contributed by atoms with Crippen LogP contribution in [0, 0.1) is 6.92 Å². The van der Waals surface area contributed by atoms with Crippen molar-refractivity contribution >= 4 is 11.6 Å². The summed E-state index contributed by atoms with van der Waals surface area (Å²) >= 11 is 6.01. The molecule has 0 N–H and O–H groups in total. The molecule has 0 aliphatic heterocycles. The Bertz CT molecular complexity index is 576. The lowest BCUT2D eigenvalue weighted by Crippen LogP contribution is -2.16. The minimum absolute atomic E-state index is 0.241. The van der Waals surface area contributed by atoms with E-state index < -0.39 is 6.36 Å². The normalized spacial score (nSPS) is 11.4. The van der Waals surface area contributed by atoms with Gasteiger partial charge in [-0.1, -0.05) is 35.9 Å². The van der Waals surface area contributed by atoms with Crippen LogP contribution in [0.1, 0.15) is 5.56 Å². The van der Waals surface area contributed by atoms with Crippen molar-refractivity contribution in [2.45, 2.75) is 13.3 Å². The number of aryl methyl sites for hydroxylation is 1. The minimum atomic E-state index is -4.67. The molecule has 0 radical (unpaired) electrons. The lowest BCUT2D eigenvalue weighted by molar-refractivity contribution is -0.274. The van der Waals surface area contributed by atoms with Crippen molar-refractivity contribution in [3.8, 4) is 16.9 Å². The summed E-state index contributed by atoms with van der Waals surface area (Å²) in [4.78, 5) is 0. The van der Waals surface area contributed by atoms with Gasteiger partial charge in [-0.2, -0.15) is 0 Å². The standard InChI is InChI=1S/C14H10ClF3O/c1-9-2-3-11(8-13(9)15)10-4-6-12(7-5-10)19-14(16,17)18/h2-8H,1H3. The molecule has 0 aromatic heterocycles. The Hall–Kier alpha value is -1.68. The Morgan fingerprint density at radius 3 is 2.05 bits per heavy atom. The molecular formula is C14H10ClF3O. The van der Waals surface area contributed by atoms with Crippen LogP contribution in [-0.4, -0.2) is 6.36 Å². The summed E-state index contributed by atoms with van der Waals surface area (Å²) in [6, 6.07) is 11.2. The second-order valence-electron chi connectivity index (χ2n) is 4.04. The Morgan fingerprint density at radius 1 is 0.947 bits per heavy atom. The van der Waals surface area contributed by atoms with Crippen molar-refractivity contribution in [2.75, 3.05) is 0 Å². The van der Waals surface area contributed by atoms with Gasteiger partial charge in [-0.3, -0.25) is 0 Å². The molecule has 0 spiro atoms. The molecule has 0 saturated heterocycles. The summed E-state index contributed by atoms with van der Waals surface area (Å²) < 4.78 is 39.9. The van der Waals surface area contributed by atoms with E-state index in [9.17, 15) is 13.2 Å². The van der Waals surface area contributed by atoms with Gasteiger partial charge < -0.3 is 4.74 Å². The van der Waals surface area contributed by atoms with Gasteiger partial charge in [0, 0.05) is 5.02 Å². The van der Waals surface area contributed by atoms with Crippen molar-refractivity contribution in [3.63, 3.8) is 0 Å². The molecule has 1 nitrogen and oxygen atoms in total. The fraction of sp³-hybridized carbons (Fsp3) is 0.143. The van der Waals surface area contributed by atoms with Gasteiger partial charge in [0.2, 0.25) is 0 Å². The van der Waals surface area contributed by atoms with Crippen LogP contribution in [0.4, 0.5) is 13.2 Å². The lowest BCUT2D eigenvalue weighted by atomic mass is 10.0. The van der Waals surface area contributed by atoms with E-state index in [0.29, 0.717) is 5.02 Å². The van der Waals surface area contributed by atoms with E-state index in [2.05, 4.69) is 4.74 Å². The van der Waals surface area contributed by atoms with Crippen LogP contribution in [-0.2, 0) is 0 Å². The minimum Gasteiger partial charge on any atom is -0.406 e. The number of hydrogen-bond donors (Lipinski definition) is 0. The summed E-state index contributed by atoms with van der Waals surface area (Å²) in [7, 11) is 0. The molecule has 5 heteroatoms. The number of ether oxygens (including phenoxy) is 1. The second-order valence-corrected chi connectivity index (χ2v) is 4.44. The van der Waals surface area contributed by atoms with Gasteiger partial charge in [0.05, 0.1) is 0 Å². The molecular weight excluding hydrogens is 277 g/mol. The maximum atomic E-state index is 12.0.